The molecule has 10 heteroatoms. The van der Waals surface area contributed by atoms with Crippen LogP contribution in [0.4, 0.5) is 5.82 Å². The Morgan fingerprint density at radius 2 is 1.83 bits per heavy atom. The van der Waals surface area contributed by atoms with Crippen molar-refractivity contribution < 1.29 is 9.90 Å². The molecular formula is C26H29ClN6O3. The van der Waals surface area contributed by atoms with Crippen molar-refractivity contribution in [3.8, 4) is 5.75 Å². The van der Waals surface area contributed by atoms with Crippen LogP contribution in [0.2, 0.25) is 5.15 Å². The molecule has 9 nitrogen and oxygen atoms in total. The van der Waals surface area contributed by atoms with Crippen LogP contribution in [0.15, 0.2) is 53.3 Å². The van der Waals surface area contributed by atoms with Crippen LogP contribution < -0.4 is 21.9 Å². The third-order valence-electron chi connectivity index (χ3n) is 6.40. The molecule has 1 aliphatic rings. The van der Waals surface area contributed by atoms with Gasteiger partial charge < -0.3 is 21.5 Å². The molecule has 1 aromatic heterocycles. The van der Waals surface area contributed by atoms with Crippen LogP contribution >= 0.6 is 11.6 Å². The number of anilines is 1. The monoisotopic (exact) mass is 508 g/mol. The van der Waals surface area contributed by atoms with Crippen molar-refractivity contribution in [2.75, 3.05) is 11.9 Å². The maximum atomic E-state index is 13.4. The van der Waals surface area contributed by atoms with Gasteiger partial charge in [0, 0.05) is 24.1 Å². The number of fused-ring (bicyclic) bond motifs is 1. The number of aromatic nitrogens is 2. The van der Waals surface area contributed by atoms with Crippen molar-refractivity contribution in [1.29, 1.82) is 5.41 Å². The third kappa shape index (κ3) is 5.21. The quantitative estimate of drug-likeness (QED) is 0.233. The molecule has 1 amide bonds. The molecule has 0 saturated heterocycles. The standard InChI is InChI=1S/C26H29ClN6O3/c1-26(2)13-19(24(35)31-14-16-3-7-17(8-4-16)22(28)29)33-20(26)21(27)32-23(25(33)36)30-12-11-15-5-9-18(34)10-6-15/h3-10,19,34H,11-14H2,1-2H3,(H3,28,29)(H,30,32)(H,31,35)/t19-/m0/s1. The zero-order chi connectivity index (χ0) is 26.0. The molecule has 2 heterocycles. The van der Waals surface area contributed by atoms with E-state index in [2.05, 4.69) is 15.6 Å². The van der Waals surface area contributed by atoms with Crippen LogP contribution in [0.5, 0.6) is 5.75 Å². The molecule has 0 radical (unpaired) electrons. The summed E-state index contributed by atoms with van der Waals surface area (Å²) in [7, 11) is 0. The van der Waals surface area contributed by atoms with Gasteiger partial charge in [-0.15, -0.1) is 0 Å². The second-order valence-electron chi connectivity index (χ2n) is 9.55. The van der Waals surface area contributed by atoms with Gasteiger partial charge in [-0.05, 0) is 36.1 Å². The third-order valence-corrected chi connectivity index (χ3v) is 6.66. The highest BCUT2D eigenvalue weighted by Crippen LogP contribution is 2.42. The molecule has 0 bridgehead atoms. The van der Waals surface area contributed by atoms with Gasteiger partial charge in [-0.3, -0.25) is 19.6 Å². The highest BCUT2D eigenvalue weighted by Gasteiger charge is 2.43. The van der Waals surface area contributed by atoms with Gasteiger partial charge in [-0.1, -0.05) is 61.8 Å². The molecule has 188 valence electrons. The molecular weight excluding hydrogens is 480 g/mol. The number of phenolic OH excluding ortho intramolecular Hbond substituents is 1. The summed E-state index contributed by atoms with van der Waals surface area (Å²) in [4.78, 5) is 30.9. The summed E-state index contributed by atoms with van der Waals surface area (Å²) in [6, 6.07) is 13.2. The molecule has 36 heavy (non-hydrogen) atoms. The molecule has 0 unspecified atom stereocenters. The Balaban J connectivity index is 1.52. The lowest BCUT2D eigenvalue weighted by molar-refractivity contribution is -0.124. The number of carbonyl (C=O) groups excluding carboxylic acids is 1. The number of aromatic hydroxyl groups is 1. The number of nitrogens with zero attached hydrogens (tertiary/aromatic N) is 2. The van der Waals surface area contributed by atoms with Gasteiger partial charge in [0.2, 0.25) is 5.91 Å². The number of nitrogens with one attached hydrogen (secondary N) is 3. The molecule has 0 aliphatic carbocycles. The van der Waals surface area contributed by atoms with Crippen LogP contribution in [0.3, 0.4) is 0 Å². The van der Waals surface area contributed by atoms with E-state index >= 15 is 0 Å². The Hall–Kier alpha value is -3.85. The van der Waals surface area contributed by atoms with Crippen molar-refractivity contribution in [1.82, 2.24) is 14.9 Å². The molecule has 4 rings (SSSR count). The Kier molecular flexibility index (Phi) is 7.03. The van der Waals surface area contributed by atoms with E-state index < -0.39 is 17.0 Å². The molecule has 0 spiro atoms. The van der Waals surface area contributed by atoms with Crippen molar-refractivity contribution >= 4 is 29.2 Å². The Morgan fingerprint density at radius 1 is 1.19 bits per heavy atom. The number of hydrogen-bond acceptors (Lipinski definition) is 6. The molecule has 1 aliphatic heterocycles. The summed E-state index contributed by atoms with van der Waals surface area (Å²) in [5.41, 5.74) is 7.58. The van der Waals surface area contributed by atoms with Crippen LogP contribution in [-0.4, -0.2) is 32.9 Å². The molecule has 2 aromatic carbocycles. The fraction of sp³-hybridized carbons (Fsp3) is 0.308. The molecule has 0 fully saturated rings. The number of hydrogen-bond donors (Lipinski definition) is 5. The highest BCUT2D eigenvalue weighted by atomic mass is 35.5. The minimum atomic E-state index is -0.725. The molecule has 3 aromatic rings. The van der Waals surface area contributed by atoms with E-state index in [9.17, 15) is 14.7 Å². The summed E-state index contributed by atoms with van der Waals surface area (Å²) >= 11 is 6.53. The molecule has 6 N–H and O–H groups in total. The summed E-state index contributed by atoms with van der Waals surface area (Å²) in [5.74, 6) is -0.0144. The summed E-state index contributed by atoms with van der Waals surface area (Å²) < 4.78 is 1.46. The summed E-state index contributed by atoms with van der Waals surface area (Å²) in [6.07, 6.45) is 1.02. The first kappa shape index (κ1) is 25.2. The van der Waals surface area contributed by atoms with E-state index in [0.29, 0.717) is 30.6 Å². The van der Waals surface area contributed by atoms with E-state index in [1.54, 1.807) is 36.4 Å². The van der Waals surface area contributed by atoms with E-state index in [-0.39, 0.29) is 35.0 Å². The lowest BCUT2D eigenvalue weighted by atomic mass is 9.87. The number of phenols is 1. The second kappa shape index (κ2) is 10.0. The fourth-order valence-corrected chi connectivity index (χ4v) is 4.94. The van der Waals surface area contributed by atoms with Crippen molar-refractivity contribution in [3.05, 3.63) is 86.4 Å². The first-order valence-corrected chi connectivity index (χ1v) is 12.0. The lowest BCUT2D eigenvalue weighted by Gasteiger charge is -2.19. The second-order valence-corrected chi connectivity index (χ2v) is 9.91. The van der Waals surface area contributed by atoms with Gasteiger partial charge in [0.15, 0.2) is 11.0 Å². The largest absolute Gasteiger partial charge is 0.508 e. The topological polar surface area (TPSA) is 146 Å². The fourth-order valence-electron chi connectivity index (χ4n) is 4.51. The van der Waals surface area contributed by atoms with Gasteiger partial charge >= 0.3 is 0 Å². The average molecular weight is 509 g/mol. The maximum Gasteiger partial charge on any atom is 0.294 e. The van der Waals surface area contributed by atoms with Gasteiger partial charge in [-0.2, -0.15) is 0 Å². The zero-order valence-electron chi connectivity index (χ0n) is 20.1. The van der Waals surface area contributed by atoms with Crippen molar-refractivity contribution in [2.24, 2.45) is 5.73 Å². The zero-order valence-corrected chi connectivity index (χ0v) is 20.9. The number of rotatable bonds is 8. The normalized spacial score (nSPS) is 15.8. The van der Waals surface area contributed by atoms with Crippen LogP contribution in [0, 0.1) is 5.41 Å². The molecule has 1 atom stereocenters. The Morgan fingerprint density at radius 3 is 2.47 bits per heavy atom. The number of nitrogen functional groups attached to an aromatic ring is 1. The van der Waals surface area contributed by atoms with E-state index in [0.717, 1.165) is 11.1 Å². The lowest BCUT2D eigenvalue weighted by Crippen LogP contribution is -2.36. The number of amidine groups is 1. The summed E-state index contributed by atoms with van der Waals surface area (Å²) in [5, 5.41) is 23.1. The summed E-state index contributed by atoms with van der Waals surface area (Å²) in [6.45, 7) is 4.59. The first-order chi connectivity index (χ1) is 17.1. The van der Waals surface area contributed by atoms with Crippen molar-refractivity contribution in [3.63, 3.8) is 0 Å². The Labute approximate surface area is 213 Å². The van der Waals surface area contributed by atoms with Gasteiger partial charge in [-0.25, -0.2) is 4.98 Å². The minimum absolute atomic E-state index is 0.0206. The Bertz CT molecular complexity index is 1350. The maximum absolute atomic E-state index is 13.4. The molecule has 0 saturated carbocycles. The number of halogens is 1. The first-order valence-electron chi connectivity index (χ1n) is 11.6. The van der Waals surface area contributed by atoms with Crippen LogP contribution in [0.25, 0.3) is 0 Å². The van der Waals surface area contributed by atoms with E-state index in [1.807, 2.05) is 26.0 Å². The smallest absolute Gasteiger partial charge is 0.294 e. The number of nitrogens with two attached hydrogens (primary N) is 1. The SMILES string of the molecule is CC1(C)C[C@@H](C(=O)NCc2ccc(C(=N)N)cc2)n2c1c(Cl)nc(NCCc1ccc(O)cc1)c2=O. The van der Waals surface area contributed by atoms with E-state index in [4.69, 9.17) is 22.7 Å². The van der Waals surface area contributed by atoms with Gasteiger partial charge in [0.25, 0.3) is 5.56 Å². The number of benzene rings is 2. The average Bonchev–Trinajstić information content (AvgIpc) is 3.14. The predicted octanol–water partition coefficient (Wildman–Crippen LogP) is 3.08. The van der Waals surface area contributed by atoms with Gasteiger partial charge in [0.1, 0.15) is 17.6 Å². The van der Waals surface area contributed by atoms with Crippen LogP contribution in [0.1, 0.15) is 48.7 Å². The van der Waals surface area contributed by atoms with Gasteiger partial charge in [0.05, 0.1) is 5.69 Å². The van der Waals surface area contributed by atoms with Crippen LogP contribution in [-0.2, 0) is 23.2 Å². The van der Waals surface area contributed by atoms with E-state index in [1.165, 1.54) is 4.57 Å². The minimum Gasteiger partial charge on any atom is -0.508 e. The van der Waals surface area contributed by atoms with Crippen molar-refractivity contribution in [2.45, 2.75) is 44.7 Å². The highest BCUT2D eigenvalue weighted by molar-refractivity contribution is 6.30. The predicted molar refractivity (Wildman–Crippen MR) is 140 cm³/mol. The number of carbonyl (C=O) groups is 1. The number of amides is 1.